The van der Waals surface area contributed by atoms with Crippen molar-refractivity contribution >= 4 is 24.1 Å². The molecule has 0 unspecified atom stereocenters. The molecule has 0 saturated carbocycles. The number of fused-ring (bicyclic) bond motifs is 1. The van der Waals surface area contributed by atoms with Crippen molar-refractivity contribution in [1.29, 1.82) is 0 Å². The molecule has 1 amide bonds. The van der Waals surface area contributed by atoms with Crippen LogP contribution in [0, 0.1) is 0 Å². The van der Waals surface area contributed by atoms with Crippen LogP contribution in [-0.4, -0.2) is 30.7 Å². The third kappa shape index (κ3) is 5.83. The number of hydrogen-bond acceptors (Lipinski definition) is 3. The van der Waals surface area contributed by atoms with Gasteiger partial charge in [-0.1, -0.05) is 12.1 Å². The Morgan fingerprint density at radius 3 is 2.46 bits per heavy atom. The van der Waals surface area contributed by atoms with Gasteiger partial charge < -0.3 is 11.1 Å². The monoisotopic (exact) mass is 360 g/mol. The number of halogens is 3. The average molecular weight is 361 g/mol. The van der Waals surface area contributed by atoms with Gasteiger partial charge in [0.15, 0.2) is 5.78 Å². The molecule has 24 heavy (non-hydrogen) atoms. The first-order valence-corrected chi connectivity index (χ1v) is 7.91. The van der Waals surface area contributed by atoms with Crippen LogP contribution in [0.4, 0.5) is 8.78 Å². The van der Waals surface area contributed by atoms with E-state index in [1.165, 1.54) is 17.5 Å². The maximum Gasteiger partial charge on any atom is 0.277 e. The predicted octanol–water partition coefficient (Wildman–Crippen LogP) is 2.66. The zero-order chi connectivity index (χ0) is 16.9. The minimum Gasteiger partial charge on any atom is -0.350 e. The van der Waals surface area contributed by atoms with Gasteiger partial charge in [-0.2, -0.15) is 0 Å². The summed E-state index contributed by atoms with van der Waals surface area (Å²) in [4.78, 5) is 23.7. The summed E-state index contributed by atoms with van der Waals surface area (Å²) in [6.45, 7) is -1.61. The van der Waals surface area contributed by atoms with Gasteiger partial charge in [-0.3, -0.25) is 9.59 Å². The van der Waals surface area contributed by atoms with Gasteiger partial charge in [-0.05, 0) is 42.9 Å². The molecule has 1 aliphatic carbocycles. The van der Waals surface area contributed by atoms with E-state index >= 15 is 0 Å². The van der Waals surface area contributed by atoms with Crippen molar-refractivity contribution in [1.82, 2.24) is 5.32 Å². The standard InChI is InChI=1S/C17H22F2N2O2.ClH/c18-17(19,10-20)11-21-16(23)8-7-15(22)14-6-5-12-3-1-2-4-13(12)9-14;/h5-6,9H,1-4,7-8,10-11,20H2,(H,21,23);1H. The van der Waals surface area contributed by atoms with Crippen molar-refractivity contribution < 1.29 is 18.4 Å². The van der Waals surface area contributed by atoms with Gasteiger partial charge in [0.05, 0.1) is 13.1 Å². The predicted molar refractivity (Wildman–Crippen MR) is 90.9 cm³/mol. The summed E-state index contributed by atoms with van der Waals surface area (Å²) in [7, 11) is 0. The normalized spacial score (nSPS) is 13.6. The molecule has 4 nitrogen and oxygen atoms in total. The Balaban J connectivity index is 0.00000288. The molecule has 3 N–H and O–H groups in total. The van der Waals surface area contributed by atoms with Crippen LogP contribution in [0.3, 0.4) is 0 Å². The van der Waals surface area contributed by atoms with E-state index in [0.717, 1.165) is 19.3 Å². The molecule has 1 aromatic carbocycles. The zero-order valence-electron chi connectivity index (χ0n) is 13.4. The van der Waals surface area contributed by atoms with Crippen LogP contribution < -0.4 is 11.1 Å². The Hall–Kier alpha value is -1.53. The summed E-state index contributed by atoms with van der Waals surface area (Å²) >= 11 is 0. The Kier molecular flexibility index (Phi) is 7.76. The molecule has 1 aliphatic rings. The highest BCUT2D eigenvalue weighted by Crippen LogP contribution is 2.23. The van der Waals surface area contributed by atoms with Crippen LogP contribution in [-0.2, 0) is 17.6 Å². The molecule has 0 saturated heterocycles. The highest BCUT2D eigenvalue weighted by Gasteiger charge is 2.27. The Morgan fingerprint density at radius 1 is 1.12 bits per heavy atom. The number of alkyl halides is 2. The van der Waals surface area contributed by atoms with Gasteiger partial charge in [0.1, 0.15) is 0 Å². The van der Waals surface area contributed by atoms with E-state index in [9.17, 15) is 18.4 Å². The summed E-state index contributed by atoms with van der Waals surface area (Å²) in [6.07, 6.45) is 4.23. The zero-order valence-corrected chi connectivity index (χ0v) is 14.3. The lowest BCUT2D eigenvalue weighted by Gasteiger charge is -2.16. The van der Waals surface area contributed by atoms with E-state index in [4.69, 9.17) is 5.73 Å². The molecule has 0 aromatic heterocycles. The van der Waals surface area contributed by atoms with Crippen molar-refractivity contribution in [3.63, 3.8) is 0 Å². The van der Waals surface area contributed by atoms with Gasteiger partial charge in [0.2, 0.25) is 5.91 Å². The molecule has 0 heterocycles. The summed E-state index contributed by atoms with van der Waals surface area (Å²) < 4.78 is 25.9. The van der Waals surface area contributed by atoms with E-state index < -0.39 is 24.9 Å². The molecule has 0 aliphatic heterocycles. The molecule has 7 heteroatoms. The van der Waals surface area contributed by atoms with E-state index in [2.05, 4.69) is 5.32 Å². The highest BCUT2D eigenvalue weighted by molar-refractivity contribution is 5.98. The second-order valence-corrected chi connectivity index (χ2v) is 5.95. The fraction of sp³-hybridized carbons (Fsp3) is 0.529. The van der Waals surface area contributed by atoms with Gasteiger partial charge in [-0.15, -0.1) is 12.4 Å². The molecule has 1 aromatic rings. The molecule has 0 bridgehead atoms. The number of carbonyl (C=O) groups excluding carboxylic acids is 2. The molecular formula is C17H23ClF2N2O2. The molecular weight excluding hydrogens is 338 g/mol. The first kappa shape index (κ1) is 20.5. The van der Waals surface area contributed by atoms with Gasteiger partial charge >= 0.3 is 0 Å². The van der Waals surface area contributed by atoms with Gasteiger partial charge in [0.25, 0.3) is 5.92 Å². The lowest BCUT2D eigenvalue weighted by Crippen LogP contribution is -2.41. The van der Waals surface area contributed by atoms with Crippen LogP contribution in [0.1, 0.15) is 47.2 Å². The van der Waals surface area contributed by atoms with Crippen LogP contribution >= 0.6 is 12.4 Å². The molecule has 0 spiro atoms. The van der Waals surface area contributed by atoms with Crippen LogP contribution in [0.5, 0.6) is 0 Å². The minimum absolute atomic E-state index is 0. The van der Waals surface area contributed by atoms with Crippen molar-refractivity contribution in [3.8, 4) is 0 Å². The molecule has 0 fully saturated rings. The number of benzene rings is 1. The second-order valence-electron chi connectivity index (χ2n) is 5.95. The third-order valence-corrected chi connectivity index (χ3v) is 4.09. The number of amides is 1. The van der Waals surface area contributed by atoms with Gasteiger partial charge in [-0.25, -0.2) is 8.78 Å². The summed E-state index contributed by atoms with van der Waals surface area (Å²) in [5, 5.41) is 2.11. The molecule has 2 rings (SSSR count). The fourth-order valence-corrected chi connectivity index (χ4v) is 2.67. The second kappa shape index (κ2) is 9.08. The smallest absolute Gasteiger partial charge is 0.277 e. The number of nitrogens with one attached hydrogen (secondary N) is 1. The summed E-state index contributed by atoms with van der Waals surface area (Å²) in [5.41, 5.74) is 7.97. The molecule has 134 valence electrons. The number of carbonyl (C=O) groups is 2. The minimum atomic E-state index is -3.11. The van der Waals surface area contributed by atoms with Gasteiger partial charge in [0, 0.05) is 18.4 Å². The highest BCUT2D eigenvalue weighted by atomic mass is 35.5. The van der Waals surface area contributed by atoms with E-state index in [1.54, 1.807) is 6.07 Å². The quantitative estimate of drug-likeness (QED) is 0.734. The summed E-state index contributed by atoms with van der Waals surface area (Å²) in [5.74, 6) is -3.82. The number of rotatable bonds is 7. The summed E-state index contributed by atoms with van der Waals surface area (Å²) in [6, 6.07) is 5.66. The van der Waals surface area contributed by atoms with E-state index in [-0.39, 0.29) is 31.0 Å². The Labute approximate surface area is 146 Å². The number of hydrogen-bond donors (Lipinski definition) is 2. The number of Topliss-reactive ketones (excluding diaryl/α,β-unsaturated/α-hetero) is 1. The Bertz CT molecular complexity index is 594. The van der Waals surface area contributed by atoms with Crippen LogP contribution in [0.2, 0.25) is 0 Å². The van der Waals surface area contributed by atoms with Crippen LogP contribution in [0.15, 0.2) is 18.2 Å². The number of aryl methyl sites for hydroxylation is 2. The lowest BCUT2D eigenvalue weighted by atomic mass is 9.89. The molecule has 0 atom stereocenters. The van der Waals surface area contributed by atoms with Crippen molar-refractivity contribution in [2.24, 2.45) is 5.73 Å². The van der Waals surface area contributed by atoms with E-state index in [1.807, 2.05) is 12.1 Å². The van der Waals surface area contributed by atoms with Crippen molar-refractivity contribution in [2.45, 2.75) is 44.4 Å². The largest absolute Gasteiger partial charge is 0.350 e. The maximum atomic E-state index is 12.9. The first-order valence-electron chi connectivity index (χ1n) is 7.91. The Morgan fingerprint density at radius 2 is 1.79 bits per heavy atom. The third-order valence-electron chi connectivity index (χ3n) is 4.09. The number of ketones is 1. The van der Waals surface area contributed by atoms with Crippen molar-refractivity contribution in [2.75, 3.05) is 13.1 Å². The lowest BCUT2D eigenvalue weighted by molar-refractivity contribution is -0.122. The first-order chi connectivity index (χ1) is 10.9. The van der Waals surface area contributed by atoms with E-state index in [0.29, 0.717) is 5.56 Å². The fourth-order valence-electron chi connectivity index (χ4n) is 2.67. The average Bonchev–Trinajstić information content (AvgIpc) is 2.57. The number of nitrogens with two attached hydrogens (primary N) is 1. The van der Waals surface area contributed by atoms with Crippen molar-refractivity contribution in [3.05, 3.63) is 34.9 Å². The SMILES string of the molecule is Cl.NCC(F)(F)CNC(=O)CCC(=O)c1ccc2c(c1)CCCC2. The molecule has 0 radical (unpaired) electrons. The maximum absolute atomic E-state index is 12.9. The topological polar surface area (TPSA) is 72.2 Å². The van der Waals surface area contributed by atoms with Crippen LogP contribution in [0.25, 0.3) is 0 Å².